The van der Waals surface area contributed by atoms with Crippen molar-refractivity contribution in [2.24, 2.45) is 0 Å². The van der Waals surface area contributed by atoms with Crippen LogP contribution < -0.4 is 5.32 Å². The van der Waals surface area contributed by atoms with Crippen LogP contribution in [0.2, 0.25) is 0 Å². The van der Waals surface area contributed by atoms with Crippen LogP contribution in [0, 0.1) is 13.8 Å². The average Bonchev–Trinajstić information content (AvgIpc) is 2.58. The zero-order chi connectivity index (χ0) is 12.4. The van der Waals surface area contributed by atoms with Gasteiger partial charge >= 0.3 is 0 Å². The van der Waals surface area contributed by atoms with Crippen LogP contribution in [0.5, 0.6) is 0 Å². The van der Waals surface area contributed by atoms with E-state index in [1.165, 1.54) is 10.4 Å². The van der Waals surface area contributed by atoms with Crippen LogP contribution in [-0.2, 0) is 0 Å². The molecule has 3 heteroatoms. The molecule has 0 bridgehead atoms. The van der Waals surface area contributed by atoms with Gasteiger partial charge in [0.1, 0.15) is 0 Å². The normalized spacial score (nSPS) is 10.9. The van der Waals surface area contributed by atoms with E-state index in [0.717, 1.165) is 16.5 Å². The van der Waals surface area contributed by atoms with Crippen molar-refractivity contribution in [1.82, 2.24) is 4.98 Å². The Bertz CT molecular complexity index is 478. The first-order chi connectivity index (χ1) is 8.06. The number of nitrogens with one attached hydrogen (secondary N) is 1. The van der Waals surface area contributed by atoms with Gasteiger partial charge in [-0.1, -0.05) is 26.0 Å². The van der Waals surface area contributed by atoms with E-state index in [4.69, 9.17) is 0 Å². The Balaban J connectivity index is 2.13. The number of aryl methyl sites for hydroxylation is 2. The summed E-state index contributed by atoms with van der Waals surface area (Å²) in [6.07, 6.45) is 0. The zero-order valence-corrected chi connectivity index (χ0v) is 11.6. The standard InChI is InChI=1S/C14H18N2S/c1-9(2)12-5-7-13(8-6-12)16-14-15-10(3)11(4)17-14/h5-9H,1-4H3,(H,15,16). The van der Waals surface area contributed by atoms with Gasteiger partial charge in [0.25, 0.3) is 0 Å². The highest BCUT2D eigenvalue weighted by Gasteiger charge is 2.04. The number of rotatable bonds is 3. The van der Waals surface area contributed by atoms with Gasteiger partial charge in [0.2, 0.25) is 0 Å². The van der Waals surface area contributed by atoms with E-state index < -0.39 is 0 Å². The second kappa shape index (κ2) is 4.88. The molecule has 0 aliphatic heterocycles. The van der Waals surface area contributed by atoms with Crippen LogP contribution in [0.4, 0.5) is 10.8 Å². The van der Waals surface area contributed by atoms with Gasteiger partial charge in [-0.05, 0) is 37.5 Å². The van der Waals surface area contributed by atoms with E-state index in [1.54, 1.807) is 11.3 Å². The molecule has 1 N–H and O–H groups in total. The lowest BCUT2D eigenvalue weighted by atomic mass is 10.0. The van der Waals surface area contributed by atoms with E-state index in [-0.39, 0.29) is 0 Å². The van der Waals surface area contributed by atoms with E-state index in [2.05, 4.69) is 55.3 Å². The highest BCUT2D eigenvalue weighted by atomic mass is 32.1. The van der Waals surface area contributed by atoms with Gasteiger partial charge in [-0.15, -0.1) is 11.3 Å². The number of benzene rings is 1. The summed E-state index contributed by atoms with van der Waals surface area (Å²) < 4.78 is 0. The third kappa shape index (κ3) is 2.86. The van der Waals surface area contributed by atoms with Crippen molar-refractivity contribution in [1.29, 1.82) is 0 Å². The molecule has 0 unspecified atom stereocenters. The summed E-state index contributed by atoms with van der Waals surface area (Å²) in [5.41, 5.74) is 3.57. The Morgan fingerprint density at radius 1 is 1.12 bits per heavy atom. The average molecular weight is 246 g/mol. The van der Waals surface area contributed by atoms with Crippen molar-refractivity contribution in [2.45, 2.75) is 33.6 Å². The number of aromatic nitrogens is 1. The summed E-state index contributed by atoms with van der Waals surface area (Å²) >= 11 is 1.70. The predicted molar refractivity (Wildman–Crippen MR) is 75.4 cm³/mol. The second-order valence-corrected chi connectivity index (χ2v) is 5.77. The maximum Gasteiger partial charge on any atom is 0.187 e. The molecule has 0 amide bonds. The molecule has 17 heavy (non-hydrogen) atoms. The van der Waals surface area contributed by atoms with Gasteiger partial charge in [-0.3, -0.25) is 0 Å². The number of anilines is 2. The minimum atomic E-state index is 0.577. The molecule has 0 aliphatic carbocycles. The Kier molecular flexibility index (Phi) is 3.48. The van der Waals surface area contributed by atoms with Crippen molar-refractivity contribution in [3.8, 4) is 0 Å². The zero-order valence-electron chi connectivity index (χ0n) is 10.7. The summed E-state index contributed by atoms with van der Waals surface area (Å²) in [6.45, 7) is 8.55. The molecule has 0 saturated heterocycles. The van der Waals surface area contributed by atoms with Gasteiger partial charge in [-0.2, -0.15) is 0 Å². The van der Waals surface area contributed by atoms with E-state index in [9.17, 15) is 0 Å². The predicted octanol–water partition coefficient (Wildman–Crippen LogP) is 4.63. The van der Waals surface area contributed by atoms with Crippen molar-refractivity contribution >= 4 is 22.2 Å². The molecule has 0 atom stereocenters. The fourth-order valence-corrected chi connectivity index (χ4v) is 2.44. The molecule has 1 aromatic carbocycles. The van der Waals surface area contributed by atoms with Gasteiger partial charge < -0.3 is 5.32 Å². The van der Waals surface area contributed by atoms with Crippen molar-refractivity contribution in [3.05, 3.63) is 40.4 Å². The third-order valence-corrected chi connectivity index (χ3v) is 3.85. The fraction of sp³-hybridized carbons (Fsp3) is 0.357. The first-order valence-corrected chi connectivity index (χ1v) is 6.69. The molecule has 1 aromatic heterocycles. The molecule has 2 aromatic rings. The van der Waals surface area contributed by atoms with Crippen LogP contribution in [0.25, 0.3) is 0 Å². The topological polar surface area (TPSA) is 24.9 Å². The highest BCUT2D eigenvalue weighted by Crippen LogP contribution is 2.25. The Labute approximate surface area is 107 Å². The van der Waals surface area contributed by atoms with Crippen molar-refractivity contribution in [3.63, 3.8) is 0 Å². The Hall–Kier alpha value is -1.35. The van der Waals surface area contributed by atoms with Crippen LogP contribution in [-0.4, -0.2) is 4.98 Å². The van der Waals surface area contributed by atoms with Crippen LogP contribution in [0.15, 0.2) is 24.3 Å². The van der Waals surface area contributed by atoms with Crippen LogP contribution in [0.1, 0.15) is 35.9 Å². The minimum Gasteiger partial charge on any atom is -0.332 e. The number of hydrogen-bond acceptors (Lipinski definition) is 3. The Morgan fingerprint density at radius 2 is 1.76 bits per heavy atom. The number of nitrogens with zero attached hydrogens (tertiary/aromatic N) is 1. The van der Waals surface area contributed by atoms with Crippen molar-refractivity contribution < 1.29 is 0 Å². The molecule has 2 nitrogen and oxygen atoms in total. The molecule has 0 aliphatic rings. The number of thiazole rings is 1. The van der Waals surface area contributed by atoms with Gasteiger partial charge in [0.15, 0.2) is 5.13 Å². The lowest BCUT2D eigenvalue weighted by Gasteiger charge is -2.07. The summed E-state index contributed by atoms with van der Waals surface area (Å²) in [4.78, 5) is 5.74. The monoisotopic (exact) mass is 246 g/mol. The SMILES string of the molecule is Cc1nc(Nc2ccc(C(C)C)cc2)sc1C. The lowest BCUT2D eigenvalue weighted by Crippen LogP contribution is -1.91. The van der Waals surface area contributed by atoms with Crippen LogP contribution >= 0.6 is 11.3 Å². The van der Waals surface area contributed by atoms with Crippen molar-refractivity contribution in [2.75, 3.05) is 5.32 Å². The summed E-state index contributed by atoms with van der Waals surface area (Å²) in [6, 6.07) is 8.56. The first kappa shape index (κ1) is 12.1. The maximum absolute atomic E-state index is 4.47. The van der Waals surface area contributed by atoms with Crippen LogP contribution in [0.3, 0.4) is 0 Å². The first-order valence-electron chi connectivity index (χ1n) is 5.87. The quantitative estimate of drug-likeness (QED) is 0.854. The summed E-state index contributed by atoms with van der Waals surface area (Å²) in [5.74, 6) is 0.577. The molecule has 0 radical (unpaired) electrons. The summed E-state index contributed by atoms with van der Waals surface area (Å²) in [7, 11) is 0. The third-order valence-electron chi connectivity index (χ3n) is 2.86. The second-order valence-electron chi connectivity index (χ2n) is 4.56. The van der Waals surface area contributed by atoms with E-state index in [0.29, 0.717) is 5.92 Å². The lowest BCUT2D eigenvalue weighted by molar-refractivity contribution is 0.867. The molecule has 0 saturated carbocycles. The molecular weight excluding hydrogens is 228 g/mol. The molecular formula is C14H18N2S. The fourth-order valence-electron chi connectivity index (χ4n) is 1.60. The van der Waals surface area contributed by atoms with Gasteiger partial charge in [0, 0.05) is 10.6 Å². The summed E-state index contributed by atoms with van der Waals surface area (Å²) in [5, 5.41) is 4.31. The Morgan fingerprint density at radius 3 is 2.24 bits per heavy atom. The molecule has 0 fully saturated rings. The van der Waals surface area contributed by atoms with Gasteiger partial charge in [0.05, 0.1) is 5.69 Å². The highest BCUT2D eigenvalue weighted by molar-refractivity contribution is 7.15. The minimum absolute atomic E-state index is 0.577. The molecule has 90 valence electrons. The smallest absolute Gasteiger partial charge is 0.187 e. The molecule has 1 heterocycles. The molecule has 2 rings (SSSR count). The maximum atomic E-state index is 4.47. The largest absolute Gasteiger partial charge is 0.332 e. The van der Waals surface area contributed by atoms with E-state index in [1.807, 2.05) is 6.92 Å². The van der Waals surface area contributed by atoms with E-state index >= 15 is 0 Å². The molecule has 0 spiro atoms. The number of hydrogen-bond donors (Lipinski definition) is 1. The van der Waals surface area contributed by atoms with Gasteiger partial charge in [-0.25, -0.2) is 4.98 Å².